The zero-order valence-electron chi connectivity index (χ0n) is 16.1. The van der Waals surface area contributed by atoms with Crippen LogP contribution < -0.4 is 0 Å². The summed E-state index contributed by atoms with van der Waals surface area (Å²) in [6.07, 6.45) is 19.1. The van der Waals surface area contributed by atoms with Crippen LogP contribution in [0.4, 0.5) is 0 Å². The van der Waals surface area contributed by atoms with Crippen LogP contribution in [0.1, 0.15) is 53.9 Å². The molecule has 0 aliphatic heterocycles. The fourth-order valence-electron chi connectivity index (χ4n) is 2.95. The minimum Gasteiger partial charge on any atom is -0.241 e. The summed E-state index contributed by atoms with van der Waals surface area (Å²) in [4.78, 5) is 0. The van der Waals surface area contributed by atoms with Crippen LogP contribution in [0.15, 0.2) is 58.7 Å². The van der Waals surface area contributed by atoms with Gasteiger partial charge in [0, 0.05) is 6.08 Å². The van der Waals surface area contributed by atoms with E-state index in [4.69, 9.17) is 0 Å². The summed E-state index contributed by atoms with van der Waals surface area (Å²) in [5.74, 6) is 0. The highest BCUT2D eigenvalue weighted by molar-refractivity contribution is 5.68. The Morgan fingerprint density at radius 3 is 2.30 bits per heavy atom. The van der Waals surface area contributed by atoms with Gasteiger partial charge in [-0.05, 0) is 56.6 Å². The molecule has 0 radical (unpaired) electrons. The second kappa shape index (κ2) is 8.86. The highest BCUT2D eigenvalue weighted by Gasteiger charge is 2.26. The topological polar surface area (TPSA) is 3.01 Å². The fourth-order valence-corrected chi connectivity index (χ4v) is 2.95. The Morgan fingerprint density at radius 2 is 1.70 bits per heavy atom. The monoisotopic (exact) mass is 312 g/mol. The summed E-state index contributed by atoms with van der Waals surface area (Å²) in [5.41, 5.74) is 5.93. The van der Waals surface area contributed by atoms with Gasteiger partial charge in [0.25, 0.3) is 0 Å². The lowest BCUT2D eigenvalue weighted by Gasteiger charge is -2.32. The van der Waals surface area contributed by atoms with E-state index >= 15 is 0 Å². The van der Waals surface area contributed by atoms with E-state index in [1.165, 1.54) is 36.0 Å². The van der Waals surface area contributed by atoms with Crippen molar-refractivity contribution in [3.05, 3.63) is 58.7 Å². The molecule has 126 valence electrons. The molecule has 0 aromatic rings. The molecule has 0 saturated carbocycles. The van der Waals surface area contributed by atoms with Gasteiger partial charge in [-0.15, -0.1) is 0 Å². The van der Waals surface area contributed by atoms with Crippen LogP contribution in [0.25, 0.3) is 0 Å². The lowest BCUT2D eigenvalue weighted by atomic mass is 9.72. The minimum absolute atomic E-state index is 0.316. The van der Waals surface area contributed by atoms with Crippen molar-refractivity contribution < 1.29 is 4.58 Å². The number of hydrogen-bond donors (Lipinski definition) is 0. The largest absolute Gasteiger partial charge is 0.241 e. The second-order valence-electron chi connectivity index (χ2n) is 7.56. The zero-order chi connectivity index (χ0) is 17.5. The molecule has 0 N–H and O–H groups in total. The maximum absolute atomic E-state index is 2.36. The van der Waals surface area contributed by atoms with Crippen molar-refractivity contribution in [1.82, 2.24) is 0 Å². The van der Waals surface area contributed by atoms with Crippen LogP contribution in [-0.4, -0.2) is 24.9 Å². The summed E-state index contributed by atoms with van der Waals surface area (Å²) in [6, 6.07) is 0. The summed E-state index contributed by atoms with van der Waals surface area (Å²) < 4.78 is 2.04. The average molecular weight is 313 g/mol. The smallest absolute Gasteiger partial charge is 0.163 e. The Kier molecular flexibility index (Phi) is 7.48. The molecule has 0 aromatic carbocycles. The maximum Gasteiger partial charge on any atom is 0.163 e. The average Bonchev–Trinajstić information content (AvgIpc) is 2.44. The first-order valence-corrected chi connectivity index (χ1v) is 8.64. The van der Waals surface area contributed by atoms with Crippen LogP contribution in [-0.2, 0) is 0 Å². The molecule has 0 heterocycles. The first-order chi connectivity index (χ1) is 10.7. The van der Waals surface area contributed by atoms with Gasteiger partial charge in [0.15, 0.2) is 6.21 Å². The van der Waals surface area contributed by atoms with Gasteiger partial charge < -0.3 is 0 Å². The van der Waals surface area contributed by atoms with Gasteiger partial charge >= 0.3 is 0 Å². The third kappa shape index (κ3) is 6.99. The highest BCUT2D eigenvalue weighted by atomic mass is 14.9. The SMILES string of the molecule is CC1=C(/C=C/C(C)=C/C=C\C(C)=C\C=[N+](C)C)C(C)(C)CCC1. The van der Waals surface area contributed by atoms with E-state index < -0.39 is 0 Å². The van der Waals surface area contributed by atoms with E-state index in [0.717, 1.165) is 0 Å². The van der Waals surface area contributed by atoms with E-state index in [-0.39, 0.29) is 0 Å². The Hall–Kier alpha value is -1.63. The van der Waals surface area contributed by atoms with Crippen LogP contribution in [0.3, 0.4) is 0 Å². The normalized spacial score (nSPS) is 19.8. The van der Waals surface area contributed by atoms with Crippen molar-refractivity contribution in [2.24, 2.45) is 5.41 Å². The molecule has 0 aromatic heterocycles. The molecule has 1 nitrogen and oxygen atoms in total. The Labute approximate surface area is 143 Å². The predicted octanol–water partition coefficient (Wildman–Crippen LogP) is 5.86. The van der Waals surface area contributed by atoms with Gasteiger partial charge in [0.1, 0.15) is 14.1 Å². The van der Waals surface area contributed by atoms with Crippen LogP contribution in [0, 0.1) is 5.41 Å². The van der Waals surface area contributed by atoms with Crippen molar-refractivity contribution in [3.8, 4) is 0 Å². The van der Waals surface area contributed by atoms with Crippen LogP contribution in [0.2, 0.25) is 0 Å². The molecule has 0 fully saturated rings. The molecule has 0 bridgehead atoms. The molecule has 1 rings (SSSR count). The predicted molar refractivity (Wildman–Crippen MR) is 104 cm³/mol. The van der Waals surface area contributed by atoms with Crippen molar-refractivity contribution in [2.75, 3.05) is 14.1 Å². The molecule has 23 heavy (non-hydrogen) atoms. The first kappa shape index (κ1) is 19.4. The molecule has 0 saturated heterocycles. The molecular formula is C22H34N+. The molecular weight excluding hydrogens is 278 g/mol. The lowest BCUT2D eigenvalue weighted by molar-refractivity contribution is -0.458. The number of hydrogen-bond acceptors (Lipinski definition) is 0. The third-order valence-electron chi connectivity index (χ3n) is 4.41. The van der Waals surface area contributed by atoms with Crippen LogP contribution in [0.5, 0.6) is 0 Å². The Morgan fingerprint density at radius 1 is 1.04 bits per heavy atom. The van der Waals surface area contributed by atoms with Gasteiger partial charge in [0.2, 0.25) is 0 Å². The first-order valence-electron chi connectivity index (χ1n) is 8.64. The summed E-state index contributed by atoms with van der Waals surface area (Å²) in [5, 5.41) is 0. The number of allylic oxidation sites excluding steroid dienone is 10. The fraction of sp³-hybridized carbons (Fsp3) is 0.500. The van der Waals surface area contributed by atoms with Crippen molar-refractivity contribution in [2.45, 2.75) is 53.9 Å². The summed E-state index contributed by atoms with van der Waals surface area (Å²) >= 11 is 0. The molecule has 0 amide bonds. The van der Waals surface area contributed by atoms with E-state index in [2.05, 4.69) is 77.3 Å². The summed E-state index contributed by atoms with van der Waals surface area (Å²) in [6.45, 7) is 11.3. The van der Waals surface area contributed by atoms with Gasteiger partial charge in [-0.1, -0.05) is 55.4 Å². The van der Waals surface area contributed by atoms with E-state index in [0.29, 0.717) is 5.41 Å². The van der Waals surface area contributed by atoms with E-state index in [1.54, 1.807) is 5.57 Å². The maximum atomic E-state index is 2.36. The zero-order valence-corrected chi connectivity index (χ0v) is 16.1. The molecule has 1 aliphatic carbocycles. The third-order valence-corrected chi connectivity index (χ3v) is 4.41. The molecule has 1 heteroatoms. The molecule has 0 atom stereocenters. The Bertz CT molecular complexity index is 585. The standard InChI is InChI=1S/C22H34N/c1-18(10-8-11-19(2)15-17-23(6)7)13-14-21-20(3)12-9-16-22(21,4)5/h8,10-11,13-15,17H,9,12,16H2,1-7H3/q+1/b11-8-,14-13+,18-10+,19-15+. The van der Waals surface area contributed by atoms with Gasteiger partial charge in [-0.3, -0.25) is 0 Å². The molecule has 1 aliphatic rings. The number of rotatable bonds is 5. The van der Waals surface area contributed by atoms with Gasteiger partial charge in [0.05, 0.1) is 0 Å². The minimum atomic E-state index is 0.316. The quantitative estimate of drug-likeness (QED) is 0.340. The second-order valence-corrected chi connectivity index (χ2v) is 7.56. The van der Waals surface area contributed by atoms with Gasteiger partial charge in [-0.2, -0.15) is 0 Å². The van der Waals surface area contributed by atoms with Crippen molar-refractivity contribution in [1.29, 1.82) is 0 Å². The van der Waals surface area contributed by atoms with Crippen molar-refractivity contribution in [3.63, 3.8) is 0 Å². The highest BCUT2D eigenvalue weighted by Crippen LogP contribution is 2.40. The lowest BCUT2D eigenvalue weighted by Crippen LogP contribution is -2.19. The molecule has 0 unspecified atom stereocenters. The van der Waals surface area contributed by atoms with E-state index in [1.807, 2.05) is 18.7 Å². The van der Waals surface area contributed by atoms with Crippen molar-refractivity contribution >= 4 is 6.21 Å². The molecule has 0 spiro atoms. The summed E-state index contributed by atoms with van der Waals surface area (Å²) in [7, 11) is 4.07. The Balaban J connectivity index is 2.77. The van der Waals surface area contributed by atoms with Crippen LogP contribution >= 0.6 is 0 Å². The number of nitrogens with zero attached hydrogens (tertiary/aromatic N) is 1. The van der Waals surface area contributed by atoms with E-state index in [9.17, 15) is 0 Å². The van der Waals surface area contributed by atoms with Gasteiger partial charge in [-0.25, -0.2) is 4.58 Å².